The SMILES string of the molecule is Nc1nc(NCc2ccc(N3CCCC3=O)cc2)ncc1[N+](=O)[O-]. The van der Waals surface area contributed by atoms with Crippen LogP contribution in [0.3, 0.4) is 0 Å². The zero-order valence-electron chi connectivity index (χ0n) is 12.8. The lowest BCUT2D eigenvalue weighted by atomic mass is 10.2. The molecule has 0 atom stereocenters. The smallest absolute Gasteiger partial charge is 0.329 e. The molecule has 3 rings (SSSR count). The highest BCUT2D eigenvalue weighted by Crippen LogP contribution is 2.22. The molecule has 1 amide bonds. The molecule has 0 unspecified atom stereocenters. The van der Waals surface area contributed by atoms with Gasteiger partial charge in [0.25, 0.3) is 0 Å². The van der Waals surface area contributed by atoms with Gasteiger partial charge in [-0.25, -0.2) is 4.98 Å². The molecule has 24 heavy (non-hydrogen) atoms. The van der Waals surface area contributed by atoms with Crippen LogP contribution in [0.5, 0.6) is 0 Å². The van der Waals surface area contributed by atoms with Gasteiger partial charge in [-0.05, 0) is 24.1 Å². The largest absolute Gasteiger partial charge is 0.378 e. The zero-order valence-corrected chi connectivity index (χ0v) is 12.8. The van der Waals surface area contributed by atoms with Crippen molar-refractivity contribution in [3.05, 3.63) is 46.1 Å². The van der Waals surface area contributed by atoms with E-state index in [1.165, 1.54) is 0 Å². The van der Waals surface area contributed by atoms with Crippen molar-refractivity contribution in [3.8, 4) is 0 Å². The summed E-state index contributed by atoms with van der Waals surface area (Å²) in [6, 6.07) is 7.60. The second-order valence-electron chi connectivity index (χ2n) is 5.39. The lowest BCUT2D eigenvalue weighted by Gasteiger charge is -2.16. The number of rotatable bonds is 5. The molecular formula is C15H16N6O3. The van der Waals surface area contributed by atoms with Crippen LogP contribution in [-0.2, 0) is 11.3 Å². The summed E-state index contributed by atoms with van der Waals surface area (Å²) < 4.78 is 0. The average Bonchev–Trinajstić information content (AvgIpc) is 2.99. The lowest BCUT2D eigenvalue weighted by molar-refractivity contribution is -0.384. The van der Waals surface area contributed by atoms with Crippen molar-refractivity contribution in [3.63, 3.8) is 0 Å². The van der Waals surface area contributed by atoms with E-state index in [1.54, 1.807) is 4.90 Å². The van der Waals surface area contributed by atoms with E-state index in [-0.39, 0.29) is 23.4 Å². The number of hydrogen-bond donors (Lipinski definition) is 2. The van der Waals surface area contributed by atoms with Gasteiger partial charge < -0.3 is 16.0 Å². The molecule has 9 heteroatoms. The third kappa shape index (κ3) is 3.24. The van der Waals surface area contributed by atoms with Crippen LogP contribution < -0.4 is 16.0 Å². The third-order valence-corrected chi connectivity index (χ3v) is 3.77. The third-order valence-electron chi connectivity index (χ3n) is 3.77. The number of hydrogen-bond acceptors (Lipinski definition) is 7. The number of nitro groups is 1. The molecule has 2 heterocycles. The first kappa shape index (κ1) is 15.7. The maximum atomic E-state index is 11.7. The molecule has 3 N–H and O–H groups in total. The minimum atomic E-state index is -0.627. The molecule has 1 aliphatic rings. The van der Waals surface area contributed by atoms with E-state index >= 15 is 0 Å². The molecule has 0 saturated carbocycles. The fourth-order valence-corrected chi connectivity index (χ4v) is 2.51. The van der Waals surface area contributed by atoms with Gasteiger partial charge in [0.05, 0.1) is 4.92 Å². The van der Waals surface area contributed by atoms with E-state index in [9.17, 15) is 14.9 Å². The molecule has 0 radical (unpaired) electrons. The molecule has 2 aromatic rings. The van der Waals surface area contributed by atoms with Crippen LogP contribution in [0.4, 0.5) is 23.1 Å². The molecule has 1 saturated heterocycles. The Morgan fingerprint density at radius 2 is 2.08 bits per heavy atom. The standard InChI is InChI=1S/C15H16N6O3/c16-14-12(21(23)24)9-18-15(19-14)17-8-10-3-5-11(6-4-10)20-7-1-2-13(20)22/h3-6,9H,1-2,7-8H2,(H3,16,17,18,19). The number of anilines is 3. The van der Waals surface area contributed by atoms with E-state index in [1.807, 2.05) is 24.3 Å². The number of amides is 1. The van der Waals surface area contributed by atoms with E-state index < -0.39 is 4.92 Å². The molecule has 0 aliphatic carbocycles. The average molecular weight is 328 g/mol. The van der Waals surface area contributed by atoms with E-state index in [4.69, 9.17) is 5.73 Å². The van der Waals surface area contributed by atoms with Crippen molar-refractivity contribution in [2.45, 2.75) is 19.4 Å². The van der Waals surface area contributed by atoms with Gasteiger partial charge in [-0.2, -0.15) is 4.98 Å². The van der Waals surface area contributed by atoms with Gasteiger partial charge in [-0.3, -0.25) is 14.9 Å². The number of nitrogens with one attached hydrogen (secondary N) is 1. The molecular weight excluding hydrogens is 312 g/mol. The molecule has 1 fully saturated rings. The minimum absolute atomic E-state index is 0.149. The van der Waals surface area contributed by atoms with Crippen molar-refractivity contribution >= 4 is 29.0 Å². The van der Waals surface area contributed by atoms with E-state index in [2.05, 4.69) is 15.3 Å². The Balaban J connectivity index is 1.63. The second-order valence-corrected chi connectivity index (χ2v) is 5.39. The number of carbonyl (C=O) groups is 1. The molecule has 9 nitrogen and oxygen atoms in total. The van der Waals surface area contributed by atoms with Crippen LogP contribution in [-0.4, -0.2) is 27.3 Å². The quantitative estimate of drug-likeness (QED) is 0.631. The van der Waals surface area contributed by atoms with Crippen LogP contribution in [0, 0.1) is 10.1 Å². The van der Waals surface area contributed by atoms with Gasteiger partial charge in [0.1, 0.15) is 6.20 Å². The maximum Gasteiger partial charge on any atom is 0.329 e. The van der Waals surface area contributed by atoms with Crippen LogP contribution >= 0.6 is 0 Å². The van der Waals surface area contributed by atoms with Gasteiger partial charge in [0.15, 0.2) is 0 Å². The first-order valence-corrected chi connectivity index (χ1v) is 7.44. The summed E-state index contributed by atoms with van der Waals surface area (Å²) in [7, 11) is 0. The van der Waals surface area contributed by atoms with E-state index in [0.29, 0.717) is 13.0 Å². The first-order chi connectivity index (χ1) is 11.5. The van der Waals surface area contributed by atoms with Gasteiger partial charge in [-0.15, -0.1) is 0 Å². The second kappa shape index (κ2) is 6.49. The normalized spacial score (nSPS) is 14.0. The van der Waals surface area contributed by atoms with Gasteiger partial charge >= 0.3 is 5.69 Å². The summed E-state index contributed by atoms with van der Waals surface area (Å²) >= 11 is 0. The Hall–Kier alpha value is -3.23. The van der Waals surface area contributed by atoms with Crippen molar-refractivity contribution in [2.75, 3.05) is 22.5 Å². The summed E-state index contributed by atoms with van der Waals surface area (Å²) in [6.45, 7) is 1.19. The topological polar surface area (TPSA) is 127 Å². The zero-order chi connectivity index (χ0) is 17.1. The van der Waals surface area contributed by atoms with Crippen LogP contribution in [0.2, 0.25) is 0 Å². The fourth-order valence-electron chi connectivity index (χ4n) is 2.51. The van der Waals surface area contributed by atoms with Gasteiger partial charge in [-0.1, -0.05) is 12.1 Å². The predicted octanol–water partition coefficient (Wildman–Crippen LogP) is 1.71. The highest BCUT2D eigenvalue weighted by molar-refractivity contribution is 5.95. The summed E-state index contributed by atoms with van der Waals surface area (Å²) in [4.78, 5) is 31.3. The summed E-state index contributed by atoms with van der Waals surface area (Å²) in [5, 5.41) is 13.6. The van der Waals surface area contributed by atoms with E-state index in [0.717, 1.165) is 30.4 Å². The Morgan fingerprint density at radius 3 is 2.67 bits per heavy atom. The van der Waals surface area contributed by atoms with Gasteiger partial charge in [0, 0.05) is 25.2 Å². The van der Waals surface area contributed by atoms with Crippen molar-refractivity contribution in [1.82, 2.24) is 9.97 Å². The fraction of sp³-hybridized carbons (Fsp3) is 0.267. The Morgan fingerprint density at radius 1 is 1.33 bits per heavy atom. The first-order valence-electron chi connectivity index (χ1n) is 7.44. The Labute approximate surface area is 137 Å². The highest BCUT2D eigenvalue weighted by Gasteiger charge is 2.21. The molecule has 124 valence electrons. The molecule has 0 bridgehead atoms. The Kier molecular flexibility index (Phi) is 4.23. The van der Waals surface area contributed by atoms with Crippen LogP contribution in [0.15, 0.2) is 30.5 Å². The number of nitrogens with zero attached hydrogens (tertiary/aromatic N) is 4. The molecule has 1 aliphatic heterocycles. The summed E-state index contributed by atoms with van der Waals surface area (Å²) in [6.07, 6.45) is 2.57. The highest BCUT2D eigenvalue weighted by atomic mass is 16.6. The number of carbonyl (C=O) groups excluding carboxylic acids is 1. The summed E-state index contributed by atoms with van der Waals surface area (Å²) in [5.74, 6) is 0.188. The predicted molar refractivity (Wildman–Crippen MR) is 88.5 cm³/mol. The van der Waals surface area contributed by atoms with Crippen LogP contribution in [0.1, 0.15) is 18.4 Å². The Bertz CT molecular complexity index is 777. The summed E-state index contributed by atoms with van der Waals surface area (Å²) in [5.41, 5.74) is 7.05. The van der Waals surface area contributed by atoms with Crippen LogP contribution in [0.25, 0.3) is 0 Å². The number of aromatic nitrogens is 2. The monoisotopic (exact) mass is 328 g/mol. The molecule has 0 spiro atoms. The van der Waals surface area contributed by atoms with Crippen molar-refractivity contribution < 1.29 is 9.72 Å². The van der Waals surface area contributed by atoms with Crippen molar-refractivity contribution in [1.29, 1.82) is 0 Å². The molecule has 1 aromatic carbocycles. The van der Waals surface area contributed by atoms with Gasteiger partial charge in [0.2, 0.25) is 17.7 Å². The van der Waals surface area contributed by atoms with Crippen molar-refractivity contribution in [2.24, 2.45) is 0 Å². The maximum absolute atomic E-state index is 11.7. The number of nitrogen functional groups attached to an aromatic ring is 1. The minimum Gasteiger partial charge on any atom is -0.378 e. The lowest BCUT2D eigenvalue weighted by Crippen LogP contribution is -2.23. The number of nitrogens with two attached hydrogens (primary N) is 1. The molecule has 1 aromatic heterocycles. The number of benzene rings is 1.